The Bertz CT molecular complexity index is 1150. The Kier molecular flexibility index (Phi) is 6.25. The van der Waals surface area contributed by atoms with Crippen molar-refractivity contribution in [2.45, 2.75) is 20.8 Å². The highest BCUT2D eigenvalue weighted by atomic mass is 16.6. The third-order valence-corrected chi connectivity index (χ3v) is 5.82. The number of rotatable bonds is 4. The molecule has 1 saturated heterocycles. The summed E-state index contributed by atoms with van der Waals surface area (Å²) >= 11 is 0. The minimum atomic E-state index is -0.325. The van der Waals surface area contributed by atoms with Gasteiger partial charge in [-0.2, -0.15) is 0 Å². The summed E-state index contributed by atoms with van der Waals surface area (Å²) in [6.45, 7) is 8.13. The van der Waals surface area contributed by atoms with Gasteiger partial charge in [-0.05, 0) is 56.2 Å². The second-order valence-corrected chi connectivity index (χ2v) is 7.97. The van der Waals surface area contributed by atoms with Crippen molar-refractivity contribution in [3.05, 3.63) is 65.2 Å². The molecule has 0 saturated carbocycles. The van der Waals surface area contributed by atoms with E-state index in [0.29, 0.717) is 44.2 Å². The summed E-state index contributed by atoms with van der Waals surface area (Å²) in [6.07, 6.45) is -0.325. The molecule has 2 aromatic carbocycles. The monoisotopic (exact) mass is 432 g/mol. The van der Waals surface area contributed by atoms with E-state index in [1.807, 2.05) is 36.4 Å². The number of carbonyl (C=O) groups is 2. The molecule has 166 valence electrons. The van der Waals surface area contributed by atoms with Crippen LogP contribution in [-0.2, 0) is 4.74 Å². The fourth-order valence-electron chi connectivity index (χ4n) is 3.86. The third kappa shape index (κ3) is 4.51. The lowest BCUT2D eigenvalue weighted by atomic mass is 10.1. The number of para-hydroxylation sites is 1. The second kappa shape index (κ2) is 9.26. The van der Waals surface area contributed by atoms with Crippen LogP contribution in [0.2, 0.25) is 0 Å². The molecule has 1 aromatic heterocycles. The first-order chi connectivity index (χ1) is 15.5. The smallest absolute Gasteiger partial charge is 0.409 e. The van der Waals surface area contributed by atoms with E-state index in [1.165, 1.54) is 11.1 Å². The van der Waals surface area contributed by atoms with Crippen molar-refractivity contribution in [1.82, 2.24) is 14.8 Å². The lowest BCUT2D eigenvalue weighted by Gasteiger charge is -2.34. The topological polar surface area (TPSA) is 74.8 Å². The van der Waals surface area contributed by atoms with Gasteiger partial charge in [0.25, 0.3) is 5.91 Å². The molecule has 2 amide bonds. The first-order valence-electron chi connectivity index (χ1n) is 10.9. The van der Waals surface area contributed by atoms with Crippen LogP contribution >= 0.6 is 0 Å². The molecule has 1 N–H and O–H groups in total. The maximum absolute atomic E-state index is 13.5. The van der Waals surface area contributed by atoms with Crippen molar-refractivity contribution in [3.8, 4) is 0 Å². The summed E-state index contributed by atoms with van der Waals surface area (Å²) in [5.41, 5.74) is 4.70. The molecule has 2 heterocycles. The Morgan fingerprint density at radius 1 is 0.969 bits per heavy atom. The first kappa shape index (κ1) is 21.6. The number of piperazine rings is 1. The number of amides is 2. The molecule has 7 nitrogen and oxygen atoms in total. The maximum Gasteiger partial charge on any atom is 0.409 e. The number of hydrogen-bond donors (Lipinski definition) is 1. The van der Waals surface area contributed by atoms with E-state index in [2.05, 4.69) is 31.3 Å². The molecule has 0 aliphatic carbocycles. The number of benzene rings is 2. The highest BCUT2D eigenvalue weighted by molar-refractivity contribution is 6.07. The SMILES string of the molecule is CCOC(=O)N1CCN(C(=O)c2cc(Nc3ccc(C)c(C)c3)nc3ccccc23)CC1. The molecule has 0 unspecified atom stereocenters. The molecule has 7 heteroatoms. The second-order valence-electron chi connectivity index (χ2n) is 7.97. The Hall–Kier alpha value is -3.61. The summed E-state index contributed by atoms with van der Waals surface area (Å²) in [5.74, 6) is 0.565. The third-order valence-electron chi connectivity index (χ3n) is 5.82. The molecule has 0 spiro atoms. The van der Waals surface area contributed by atoms with Crippen LogP contribution in [0.1, 0.15) is 28.4 Å². The molecule has 0 atom stereocenters. The van der Waals surface area contributed by atoms with Crippen LogP contribution in [0.4, 0.5) is 16.3 Å². The minimum absolute atomic E-state index is 0.0600. The quantitative estimate of drug-likeness (QED) is 0.657. The van der Waals surface area contributed by atoms with Crippen LogP contribution in [-0.4, -0.2) is 59.6 Å². The van der Waals surface area contributed by atoms with E-state index in [9.17, 15) is 9.59 Å². The first-order valence-corrected chi connectivity index (χ1v) is 10.9. The molecule has 4 rings (SSSR count). The highest BCUT2D eigenvalue weighted by Gasteiger charge is 2.26. The molecule has 1 fully saturated rings. The van der Waals surface area contributed by atoms with Crippen molar-refractivity contribution in [2.24, 2.45) is 0 Å². The lowest BCUT2D eigenvalue weighted by Crippen LogP contribution is -2.50. The van der Waals surface area contributed by atoms with Crippen molar-refractivity contribution >= 4 is 34.4 Å². The standard InChI is InChI=1S/C25H28N4O3/c1-4-32-25(31)29-13-11-28(12-14-29)24(30)21-16-23(27-22-8-6-5-7-20(21)22)26-19-10-9-17(2)18(3)15-19/h5-10,15-16H,4,11-14H2,1-3H3,(H,26,27). The molecule has 1 aliphatic rings. The van der Waals surface area contributed by atoms with Crippen molar-refractivity contribution in [1.29, 1.82) is 0 Å². The van der Waals surface area contributed by atoms with Gasteiger partial charge in [0.1, 0.15) is 5.82 Å². The average molecular weight is 433 g/mol. The highest BCUT2D eigenvalue weighted by Crippen LogP contribution is 2.25. The zero-order chi connectivity index (χ0) is 22.7. The van der Waals surface area contributed by atoms with Gasteiger partial charge in [-0.3, -0.25) is 4.79 Å². The van der Waals surface area contributed by atoms with E-state index in [1.54, 1.807) is 16.7 Å². The number of fused-ring (bicyclic) bond motifs is 1. The summed E-state index contributed by atoms with van der Waals surface area (Å²) < 4.78 is 5.07. The predicted octanol–water partition coefficient (Wildman–Crippen LogP) is 4.51. The van der Waals surface area contributed by atoms with Crippen LogP contribution in [0.3, 0.4) is 0 Å². The molecular formula is C25H28N4O3. The van der Waals surface area contributed by atoms with Gasteiger partial charge in [-0.25, -0.2) is 9.78 Å². The molecular weight excluding hydrogens is 404 g/mol. The van der Waals surface area contributed by atoms with E-state index in [-0.39, 0.29) is 12.0 Å². The summed E-state index contributed by atoms with van der Waals surface area (Å²) in [5, 5.41) is 4.16. The lowest BCUT2D eigenvalue weighted by molar-refractivity contribution is 0.0572. The summed E-state index contributed by atoms with van der Waals surface area (Å²) in [6, 6.07) is 15.6. The van der Waals surface area contributed by atoms with Gasteiger partial charge in [0.2, 0.25) is 0 Å². The van der Waals surface area contributed by atoms with Crippen molar-refractivity contribution < 1.29 is 14.3 Å². The van der Waals surface area contributed by atoms with E-state index < -0.39 is 0 Å². The van der Waals surface area contributed by atoms with Gasteiger partial charge in [0.15, 0.2) is 0 Å². The number of aryl methyl sites for hydroxylation is 2. The van der Waals surface area contributed by atoms with Crippen molar-refractivity contribution in [3.63, 3.8) is 0 Å². The van der Waals surface area contributed by atoms with Crippen LogP contribution in [0.15, 0.2) is 48.5 Å². The average Bonchev–Trinajstić information content (AvgIpc) is 2.81. The number of nitrogens with one attached hydrogen (secondary N) is 1. The largest absolute Gasteiger partial charge is 0.450 e. The molecule has 0 radical (unpaired) electrons. The Labute approximate surface area is 188 Å². The molecule has 0 bridgehead atoms. The number of carbonyl (C=O) groups excluding carboxylic acids is 2. The molecule has 1 aliphatic heterocycles. The number of ether oxygens (including phenoxy) is 1. The van der Waals surface area contributed by atoms with Gasteiger partial charge < -0.3 is 19.9 Å². The Balaban J connectivity index is 1.59. The van der Waals surface area contributed by atoms with Crippen LogP contribution in [0.25, 0.3) is 10.9 Å². The Morgan fingerprint density at radius 3 is 2.41 bits per heavy atom. The van der Waals surface area contributed by atoms with Crippen molar-refractivity contribution in [2.75, 3.05) is 38.1 Å². The zero-order valence-corrected chi connectivity index (χ0v) is 18.7. The van der Waals surface area contributed by atoms with E-state index in [4.69, 9.17) is 9.72 Å². The Morgan fingerprint density at radius 2 is 1.69 bits per heavy atom. The number of pyridine rings is 1. The molecule has 32 heavy (non-hydrogen) atoms. The number of hydrogen-bond acceptors (Lipinski definition) is 5. The van der Waals surface area contributed by atoms with Gasteiger partial charge in [0, 0.05) is 37.3 Å². The van der Waals surface area contributed by atoms with Gasteiger partial charge in [0.05, 0.1) is 17.7 Å². The van der Waals surface area contributed by atoms with E-state index >= 15 is 0 Å². The van der Waals surface area contributed by atoms with Gasteiger partial charge in [-0.1, -0.05) is 24.3 Å². The fraction of sp³-hybridized carbons (Fsp3) is 0.320. The number of anilines is 2. The minimum Gasteiger partial charge on any atom is -0.450 e. The van der Waals surface area contributed by atoms with Crippen LogP contribution in [0.5, 0.6) is 0 Å². The number of aromatic nitrogens is 1. The van der Waals surface area contributed by atoms with Gasteiger partial charge >= 0.3 is 6.09 Å². The normalized spacial score (nSPS) is 13.8. The fourth-order valence-corrected chi connectivity index (χ4v) is 3.86. The zero-order valence-electron chi connectivity index (χ0n) is 18.7. The molecule has 3 aromatic rings. The van der Waals surface area contributed by atoms with E-state index in [0.717, 1.165) is 16.6 Å². The maximum atomic E-state index is 13.5. The van der Waals surface area contributed by atoms with Crippen LogP contribution in [0, 0.1) is 13.8 Å². The summed E-state index contributed by atoms with van der Waals surface area (Å²) in [7, 11) is 0. The van der Waals surface area contributed by atoms with Crippen LogP contribution < -0.4 is 5.32 Å². The predicted molar refractivity (Wildman–Crippen MR) is 125 cm³/mol. The van der Waals surface area contributed by atoms with Gasteiger partial charge in [-0.15, -0.1) is 0 Å². The summed E-state index contributed by atoms with van der Waals surface area (Å²) in [4.78, 5) is 33.6. The number of nitrogens with zero attached hydrogens (tertiary/aromatic N) is 3.